The molecule has 0 bridgehead atoms. The summed E-state index contributed by atoms with van der Waals surface area (Å²) in [5.41, 5.74) is 0.706. The Morgan fingerprint density at radius 1 is 1.26 bits per heavy atom. The Balaban J connectivity index is 2.20. The lowest BCUT2D eigenvalue weighted by Gasteiger charge is -2.07. The van der Waals surface area contributed by atoms with Crippen molar-refractivity contribution in [1.29, 1.82) is 0 Å². The molecular formula is C13H10BrNO3S. The lowest BCUT2D eigenvalue weighted by Crippen LogP contribution is -2.11. The number of anilines is 1. The highest BCUT2D eigenvalue weighted by atomic mass is 79.9. The summed E-state index contributed by atoms with van der Waals surface area (Å²) in [5, 5.41) is 11.6. The smallest absolute Gasteiger partial charge is 0.335 e. The fourth-order valence-corrected chi connectivity index (χ4v) is 2.73. The monoisotopic (exact) mass is 339 g/mol. The second-order valence-corrected chi connectivity index (χ2v) is 6.01. The largest absolute Gasteiger partial charge is 0.478 e. The average molecular weight is 340 g/mol. The number of carbonyl (C=O) groups is 2. The first kappa shape index (κ1) is 13.8. The minimum absolute atomic E-state index is 0.164. The van der Waals surface area contributed by atoms with Crippen molar-refractivity contribution in [2.24, 2.45) is 0 Å². The van der Waals surface area contributed by atoms with E-state index in [1.54, 1.807) is 12.1 Å². The van der Waals surface area contributed by atoms with E-state index in [1.807, 2.05) is 13.0 Å². The molecule has 0 aliphatic carbocycles. The zero-order valence-corrected chi connectivity index (χ0v) is 12.3. The van der Waals surface area contributed by atoms with E-state index in [0.29, 0.717) is 15.0 Å². The van der Waals surface area contributed by atoms with Crippen LogP contribution in [0, 0.1) is 6.92 Å². The van der Waals surface area contributed by atoms with Gasteiger partial charge in [0.25, 0.3) is 5.91 Å². The molecule has 2 aromatic rings. The van der Waals surface area contributed by atoms with Crippen molar-refractivity contribution in [3.8, 4) is 0 Å². The number of carboxylic acid groups (broad SMARTS) is 1. The van der Waals surface area contributed by atoms with Crippen molar-refractivity contribution < 1.29 is 14.7 Å². The van der Waals surface area contributed by atoms with Gasteiger partial charge in [0, 0.05) is 9.35 Å². The molecule has 1 aromatic heterocycles. The number of carbonyl (C=O) groups excluding carboxylic acids is 1. The van der Waals surface area contributed by atoms with Gasteiger partial charge in [-0.05, 0) is 53.2 Å². The molecule has 2 rings (SSSR count). The van der Waals surface area contributed by atoms with Gasteiger partial charge in [-0.3, -0.25) is 4.79 Å². The topological polar surface area (TPSA) is 66.4 Å². The SMILES string of the molecule is Cc1ccc(C(=O)Nc2ccc(C(=O)O)cc2Br)s1. The van der Waals surface area contributed by atoms with Crippen molar-refractivity contribution in [2.75, 3.05) is 5.32 Å². The Morgan fingerprint density at radius 3 is 2.53 bits per heavy atom. The number of amides is 1. The molecule has 6 heteroatoms. The third-order valence-corrected chi connectivity index (χ3v) is 4.08. The van der Waals surface area contributed by atoms with Gasteiger partial charge in [0.05, 0.1) is 16.1 Å². The number of thiophene rings is 1. The van der Waals surface area contributed by atoms with Crippen LogP contribution in [0.15, 0.2) is 34.8 Å². The van der Waals surface area contributed by atoms with Gasteiger partial charge in [-0.15, -0.1) is 11.3 Å². The van der Waals surface area contributed by atoms with Crippen molar-refractivity contribution in [2.45, 2.75) is 6.92 Å². The van der Waals surface area contributed by atoms with Crippen LogP contribution in [0.1, 0.15) is 24.9 Å². The van der Waals surface area contributed by atoms with Crippen molar-refractivity contribution in [3.63, 3.8) is 0 Å². The Morgan fingerprint density at radius 2 is 2.00 bits per heavy atom. The maximum Gasteiger partial charge on any atom is 0.335 e. The molecule has 19 heavy (non-hydrogen) atoms. The predicted molar refractivity (Wildman–Crippen MR) is 78.1 cm³/mol. The molecule has 1 heterocycles. The summed E-state index contributed by atoms with van der Waals surface area (Å²) in [4.78, 5) is 24.4. The van der Waals surface area contributed by atoms with Crippen LogP contribution in [0.5, 0.6) is 0 Å². The van der Waals surface area contributed by atoms with Crippen molar-refractivity contribution >= 4 is 44.8 Å². The number of rotatable bonds is 3. The molecule has 0 aliphatic rings. The third kappa shape index (κ3) is 3.21. The molecule has 98 valence electrons. The quantitative estimate of drug-likeness (QED) is 0.894. The Bertz CT molecular complexity index is 651. The van der Waals surface area contributed by atoms with Gasteiger partial charge < -0.3 is 10.4 Å². The van der Waals surface area contributed by atoms with Crippen LogP contribution in [0.4, 0.5) is 5.69 Å². The van der Waals surface area contributed by atoms with Crippen LogP contribution in [0.3, 0.4) is 0 Å². The average Bonchev–Trinajstić information content (AvgIpc) is 2.78. The number of carboxylic acids is 1. The van der Waals surface area contributed by atoms with Crippen LogP contribution < -0.4 is 5.32 Å². The molecule has 0 saturated carbocycles. The summed E-state index contributed by atoms with van der Waals surface area (Å²) in [5.74, 6) is -1.21. The van der Waals surface area contributed by atoms with E-state index in [1.165, 1.54) is 23.5 Å². The number of benzene rings is 1. The third-order valence-electron chi connectivity index (χ3n) is 2.43. The van der Waals surface area contributed by atoms with Gasteiger partial charge in [0.1, 0.15) is 0 Å². The van der Waals surface area contributed by atoms with Crippen LogP contribution >= 0.6 is 27.3 Å². The summed E-state index contributed by atoms with van der Waals surface area (Å²) in [6, 6.07) is 8.10. The molecule has 0 aliphatic heterocycles. The highest BCUT2D eigenvalue weighted by molar-refractivity contribution is 9.10. The Labute approximate surface area is 122 Å². The molecular weight excluding hydrogens is 330 g/mol. The van der Waals surface area contributed by atoms with Gasteiger partial charge in [-0.25, -0.2) is 4.79 Å². The van der Waals surface area contributed by atoms with Gasteiger partial charge in [0.15, 0.2) is 0 Å². The summed E-state index contributed by atoms with van der Waals surface area (Å²) in [7, 11) is 0. The number of aromatic carboxylic acids is 1. The first-order valence-corrected chi connectivity index (χ1v) is 6.99. The summed E-state index contributed by atoms with van der Waals surface area (Å²) in [6.07, 6.45) is 0. The van der Waals surface area contributed by atoms with E-state index in [0.717, 1.165) is 4.88 Å². The minimum atomic E-state index is -1.01. The number of aryl methyl sites for hydroxylation is 1. The van der Waals surface area contributed by atoms with Crippen molar-refractivity contribution in [3.05, 3.63) is 50.1 Å². The zero-order chi connectivity index (χ0) is 14.0. The lowest BCUT2D eigenvalue weighted by molar-refractivity contribution is 0.0696. The van der Waals surface area contributed by atoms with Crippen molar-refractivity contribution in [1.82, 2.24) is 0 Å². The molecule has 1 amide bonds. The normalized spacial score (nSPS) is 10.2. The highest BCUT2D eigenvalue weighted by Gasteiger charge is 2.12. The Hall–Kier alpha value is -1.66. The van der Waals surface area contributed by atoms with Gasteiger partial charge in [-0.1, -0.05) is 0 Å². The molecule has 0 saturated heterocycles. The molecule has 2 N–H and O–H groups in total. The molecule has 4 nitrogen and oxygen atoms in total. The molecule has 0 radical (unpaired) electrons. The van der Waals surface area contributed by atoms with Crippen LogP contribution in [0.25, 0.3) is 0 Å². The van der Waals surface area contributed by atoms with Gasteiger partial charge >= 0.3 is 5.97 Å². The minimum Gasteiger partial charge on any atom is -0.478 e. The fourth-order valence-electron chi connectivity index (χ4n) is 1.49. The molecule has 0 atom stereocenters. The maximum absolute atomic E-state index is 12.0. The van der Waals surface area contributed by atoms with E-state index in [2.05, 4.69) is 21.2 Å². The highest BCUT2D eigenvalue weighted by Crippen LogP contribution is 2.25. The number of halogens is 1. The maximum atomic E-state index is 12.0. The standard InChI is InChI=1S/C13H10BrNO3S/c1-7-2-5-11(19-7)12(16)15-10-4-3-8(13(17)18)6-9(10)14/h2-6H,1H3,(H,15,16)(H,17,18). The summed E-state index contributed by atoms with van der Waals surface area (Å²) in [6.45, 7) is 1.93. The molecule has 1 aromatic carbocycles. The number of hydrogen-bond acceptors (Lipinski definition) is 3. The predicted octanol–water partition coefficient (Wildman–Crippen LogP) is 3.77. The first-order valence-electron chi connectivity index (χ1n) is 5.38. The van der Waals surface area contributed by atoms with Crippen LogP contribution in [-0.4, -0.2) is 17.0 Å². The van der Waals surface area contributed by atoms with Gasteiger partial charge in [-0.2, -0.15) is 0 Å². The fraction of sp³-hybridized carbons (Fsp3) is 0.0769. The van der Waals surface area contributed by atoms with E-state index in [9.17, 15) is 9.59 Å². The molecule has 0 spiro atoms. The second kappa shape index (κ2) is 5.54. The zero-order valence-electron chi connectivity index (χ0n) is 9.94. The second-order valence-electron chi connectivity index (χ2n) is 3.86. The first-order chi connectivity index (χ1) is 8.97. The van der Waals surface area contributed by atoms with Crippen LogP contribution in [0.2, 0.25) is 0 Å². The van der Waals surface area contributed by atoms with E-state index < -0.39 is 5.97 Å². The number of hydrogen-bond donors (Lipinski definition) is 2. The van der Waals surface area contributed by atoms with Gasteiger partial charge in [0.2, 0.25) is 0 Å². The van der Waals surface area contributed by atoms with Crippen LogP contribution in [-0.2, 0) is 0 Å². The molecule has 0 unspecified atom stereocenters. The van der Waals surface area contributed by atoms with E-state index in [4.69, 9.17) is 5.11 Å². The Kier molecular flexibility index (Phi) is 4.01. The summed E-state index contributed by atoms with van der Waals surface area (Å²) < 4.78 is 0.536. The number of nitrogens with one attached hydrogen (secondary N) is 1. The van der Waals surface area contributed by atoms with E-state index >= 15 is 0 Å². The summed E-state index contributed by atoms with van der Waals surface area (Å²) >= 11 is 4.65. The van der Waals surface area contributed by atoms with E-state index in [-0.39, 0.29) is 11.5 Å². The molecule has 0 fully saturated rings. The lowest BCUT2D eigenvalue weighted by atomic mass is 10.2.